The number of aliphatic hydroxyl groups is 1. The summed E-state index contributed by atoms with van der Waals surface area (Å²) in [5.41, 5.74) is -0.640. The maximum Gasteiger partial charge on any atom is 0.280 e. The molecule has 0 saturated heterocycles. The van der Waals surface area contributed by atoms with Crippen LogP contribution in [-0.2, 0) is 16.8 Å². The molecule has 0 spiro atoms. The SMILES string of the molecule is O=C(C[C@@]1(O)C(=O)N(CCc2ccccc2)c2ccccc21)c1ccccc1[N+](=O)[O-]. The van der Waals surface area contributed by atoms with Gasteiger partial charge < -0.3 is 10.0 Å². The van der Waals surface area contributed by atoms with Gasteiger partial charge in [0.15, 0.2) is 11.4 Å². The van der Waals surface area contributed by atoms with Gasteiger partial charge in [-0.3, -0.25) is 19.7 Å². The molecular formula is C24H20N2O5. The monoisotopic (exact) mass is 416 g/mol. The van der Waals surface area contributed by atoms with E-state index in [1.54, 1.807) is 24.3 Å². The average Bonchev–Trinajstić information content (AvgIpc) is 2.99. The van der Waals surface area contributed by atoms with Crippen LogP contribution in [0.5, 0.6) is 0 Å². The second-order valence-corrected chi connectivity index (χ2v) is 7.44. The van der Waals surface area contributed by atoms with Crippen molar-refractivity contribution in [2.75, 3.05) is 11.4 Å². The lowest BCUT2D eigenvalue weighted by molar-refractivity contribution is -0.385. The molecule has 0 aromatic heterocycles. The van der Waals surface area contributed by atoms with Crippen LogP contribution < -0.4 is 4.90 Å². The van der Waals surface area contributed by atoms with E-state index in [2.05, 4.69) is 0 Å². The van der Waals surface area contributed by atoms with E-state index in [1.165, 1.54) is 29.2 Å². The number of carbonyl (C=O) groups is 2. The number of Topliss-reactive ketones (excluding diaryl/α,β-unsaturated/α-hetero) is 1. The van der Waals surface area contributed by atoms with Gasteiger partial charge in [-0.15, -0.1) is 0 Å². The van der Waals surface area contributed by atoms with Gasteiger partial charge in [-0.25, -0.2) is 0 Å². The lowest BCUT2D eigenvalue weighted by atomic mass is 9.88. The number of carbonyl (C=O) groups excluding carboxylic acids is 2. The minimum atomic E-state index is -2.08. The number of nitrogens with zero attached hydrogens (tertiary/aromatic N) is 2. The quantitative estimate of drug-likeness (QED) is 0.360. The van der Waals surface area contributed by atoms with Crippen molar-refractivity contribution in [3.63, 3.8) is 0 Å². The van der Waals surface area contributed by atoms with Crippen molar-refractivity contribution < 1.29 is 19.6 Å². The predicted molar refractivity (Wildman–Crippen MR) is 115 cm³/mol. The number of amides is 1. The fourth-order valence-corrected chi connectivity index (χ4v) is 3.98. The lowest BCUT2D eigenvalue weighted by Gasteiger charge is -2.23. The van der Waals surface area contributed by atoms with E-state index >= 15 is 0 Å². The summed E-state index contributed by atoms with van der Waals surface area (Å²) >= 11 is 0. The van der Waals surface area contributed by atoms with Gasteiger partial charge >= 0.3 is 0 Å². The van der Waals surface area contributed by atoms with Gasteiger partial charge in [-0.2, -0.15) is 0 Å². The molecule has 1 amide bonds. The summed E-state index contributed by atoms with van der Waals surface area (Å²) in [6.07, 6.45) is 0.00460. The molecule has 1 N–H and O–H groups in total. The second kappa shape index (κ2) is 8.12. The Labute approximate surface area is 178 Å². The third kappa shape index (κ3) is 3.71. The van der Waals surface area contributed by atoms with Gasteiger partial charge in [0.1, 0.15) is 0 Å². The van der Waals surface area contributed by atoms with Crippen molar-refractivity contribution in [1.82, 2.24) is 0 Å². The van der Waals surface area contributed by atoms with E-state index in [-0.39, 0.29) is 11.3 Å². The Hall–Kier alpha value is -3.84. The summed E-state index contributed by atoms with van der Waals surface area (Å²) in [4.78, 5) is 38.3. The van der Waals surface area contributed by atoms with Gasteiger partial charge in [0.05, 0.1) is 22.6 Å². The summed E-state index contributed by atoms with van der Waals surface area (Å²) in [5, 5.41) is 22.7. The van der Waals surface area contributed by atoms with Crippen molar-refractivity contribution in [3.05, 3.63) is 106 Å². The Bertz CT molecular complexity index is 1160. The normalized spacial score (nSPS) is 17.5. The largest absolute Gasteiger partial charge is 0.375 e. The topological polar surface area (TPSA) is 101 Å². The minimum absolute atomic E-state index is 0.131. The molecule has 1 aliphatic heterocycles. The van der Waals surface area contributed by atoms with E-state index in [9.17, 15) is 24.8 Å². The Morgan fingerprint density at radius 3 is 2.35 bits per heavy atom. The molecule has 3 aromatic rings. The first-order chi connectivity index (χ1) is 14.9. The standard InChI is InChI=1S/C24H20N2O5/c27-22(18-10-4-6-12-20(18)26(30)31)16-24(29)19-11-5-7-13-21(19)25(23(24)28)15-14-17-8-2-1-3-9-17/h1-13,29H,14-16H2/t24-/m0/s1. The zero-order valence-corrected chi connectivity index (χ0v) is 16.6. The number of nitro benzene ring substituents is 1. The maximum absolute atomic E-state index is 13.3. The molecule has 4 rings (SSSR count). The highest BCUT2D eigenvalue weighted by molar-refractivity contribution is 6.11. The molecule has 0 fully saturated rings. The molecule has 0 unspecified atom stereocenters. The highest BCUT2D eigenvalue weighted by Gasteiger charge is 2.51. The van der Waals surface area contributed by atoms with Crippen LogP contribution in [0.3, 0.4) is 0 Å². The molecule has 1 heterocycles. The van der Waals surface area contributed by atoms with Crippen molar-refractivity contribution in [1.29, 1.82) is 0 Å². The van der Waals surface area contributed by atoms with Gasteiger partial charge in [-0.05, 0) is 24.1 Å². The molecular weight excluding hydrogens is 396 g/mol. The number of fused-ring (bicyclic) bond motifs is 1. The number of hydrogen-bond donors (Lipinski definition) is 1. The molecule has 0 saturated carbocycles. The molecule has 7 nitrogen and oxygen atoms in total. The molecule has 1 atom stereocenters. The first-order valence-corrected chi connectivity index (χ1v) is 9.86. The smallest absolute Gasteiger partial charge is 0.280 e. The minimum Gasteiger partial charge on any atom is -0.375 e. The van der Waals surface area contributed by atoms with E-state index < -0.39 is 28.6 Å². The molecule has 1 aliphatic rings. The van der Waals surface area contributed by atoms with Crippen molar-refractivity contribution >= 4 is 23.1 Å². The van der Waals surface area contributed by atoms with Crippen LogP contribution in [0.1, 0.15) is 27.9 Å². The Morgan fingerprint density at radius 2 is 1.61 bits per heavy atom. The number of nitro groups is 1. The molecule has 0 bridgehead atoms. The molecule has 0 radical (unpaired) electrons. The van der Waals surface area contributed by atoms with Crippen LogP contribution in [0.25, 0.3) is 0 Å². The van der Waals surface area contributed by atoms with Crippen LogP contribution in [0, 0.1) is 10.1 Å². The number of hydrogen-bond acceptors (Lipinski definition) is 5. The molecule has 3 aromatic carbocycles. The zero-order chi connectivity index (χ0) is 22.0. The fraction of sp³-hybridized carbons (Fsp3) is 0.167. The van der Waals surface area contributed by atoms with Crippen LogP contribution in [0.4, 0.5) is 11.4 Å². The van der Waals surface area contributed by atoms with Gasteiger partial charge in [-0.1, -0.05) is 60.7 Å². The number of rotatable bonds is 7. The van der Waals surface area contributed by atoms with Crippen LogP contribution in [-0.4, -0.2) is 28.3 Å². The Kier molecular flexibility index (Phi) is 5.35. The van der Waals surface area contributed by atoms with Crippen LogP contribution >= 0.6 is 0 Å². The lowest BCUT2D eigenvalue weighted by Crippen LogP contribution is -2.42. The zero-order valence-electron chi connectivity index (χ0n) is 16.6. The summed E-state index contributed by atoms with van der Waals surface area (Å²) in [5.74, 6) is -1.26. The number of para-hydroxylation sites is 2. The van der Waals surface area contributed by atoms with Crippen LogP contribution in [0.15, 0.2) is 78.9 Å². The summed E-state index contributed by atoms with van der Waals surface area (Å²) < 4.78 is 0. The van der Waals surface area contributed by atoms with E-state index in [0.29, 0.717) is 24.2 Å². The predicted octanol–water partition coefficient (Wildman–Crippen LogP) is 3.64. The summed E-state index contributed by atoms with van der Waals surface area (Å²) in [7, 11) is 0. The summed E-state index contributed by atoms with van der Waals surface area (Å²) in [6.45, 7) is 0.335. The highest BCUT2D eigenvalue weighted by atomic mass is 16.6. The fourth-order valence-electron chi connectivity index (χ4n) is 3.98. The Morgan fingerprint density at radius 1 is 0.968 bits per heavy atom. The second-order valence-electron chi connectivity index (χ2n) is 7.44. The molecule has 156 valence electrons. The molecule has 31 heavy (non-hydrogen) atoms. The first kappa shape index (κ1) is 20.4. The molecule has 0 aliphatic carbocycles. The van der Waals surface area contributed by atoms with E-state index in [0.717, 1.165) is 5.56 Å². The number of anilines is 1. The third-order valence-electron chi connectivity index (χ3n) is 5.52. The number of benzene rings is 3. The number of ketones is 1. The van der Waals surface area contributed by atoms with Gasteiger partial charge in [0, 0.05) is 18.2 Å². The van der Waals surface area contributed by atoms with Crippen molar-refractivity contribution in [2.24, 2.45) is 0 Å². The van der Waals surface area contributed by atoms with Crippen LogP contribution in [0.2, 0.25) is 0 Å². The summed E-state index contributed by atoms with van der Waals surface area (Å²) in [6, 6.07) is 22.0. The van der Waals surface area contributed by atoms with Gasteiger partial charge in [0.25, 0.3) is 11.6 Å². The maximum atomic E-state index is 13.3. The molecule has 7 heteroatoms. The average molecular weight is 416 g/mol. The van der Waals surface area contributed by atoms with Crippen molar-refractivity contribution in [3.8, 4) is 0 Å². The van der Waals surface area contributed by atoms with E-state index in [1.807, 2.05) is 30.3 Å². The van der Waals surface area contributed by atoms with E-state index in [4.69, 9.17) is 0 Å². The Balaban J connectivity index is 1.64. The third-order valence-corrected chi connectivity index (χ3v) is 5.52. The van der Waals surface area contributed by atoms with Crippen molar-refractivity contribution in [2.45, 2.75) is 18.4 Å². The first-order valence-electron chi connectivity index (χ1n) is 9.86. The van der Waals surface area contributed by atoms with Gasteiger partial charge in [0.2, 0.25) is 0 Å². The highest BCUT2D eigenvalue weighted by Crippen LogP contribution is 2.43.